The summed E-state index contributed by atoms with van der Waals surface area (Å²) in [6.45, 7) is 18.6. The third-order valence-corrected chi connectivity index (χ3v) is 10.6. The summed E-state index contributed by atoms with van der Waals surface area (Å²) in [7, 11) is -1.92. The highest BCUT2D eigenvalue weighted by atomic mass is 32.2. The maximum Gasteiger partial charge on any atom is 0.229 e. The predicted octanol–water partition coefficient (Wildman–Crippen LogP) is 3.77. The van der Waals surface area contributed by atoms with Gasteiger partial charge < -0.3 is 9.74 Å². The van der Waals surface area contributed by atoms with Crippen molar-refractivity contribution >= 4 is 31.1 Å². The van der Waals surface area contributed by atoms with Crippen LogP contribution >= 0.6 is 11.8 Å². The molecule has 0 aliphatic carbocycles. The molecule has 4 nitrogen and oxygen atoms in total. The van der Waals surface area contributed by atoms with Crippen molar-refractivity contribution < 1.29 is 14.0 Å². The summed E-state index contributed by atoms with van der Waals surface area (Å²) >= 11 is 1.23. The highest BCUT2D eigenvalue weighted by Crippen LogP contribution is 2.40. The minimum atomic E-state index is -1.92. The van der Waals surface area contributed by atoms with Crippen LogP contribution < -0.4 is 5.32 Å². The van der Waals surface area contributed by atoms with E-state index in [0.29, 0.717) is 0 Å². The van der Waals surface area contributed by atoms with E-state index in [1.165, 1.54) is 11.8 Å². The third-order valence-electron chi connectivity index (χ3n) is 4.55. The van der Waals surface area contributed by atoms with E-state index in [2.05, 4.69) is 39.2 Å². The van der Waals surface area contributed by atoms with Crippen molar-refractivity contribution in [2.75, 3.05) is 0 Å². The maximum absolute atomic E-state index is 12.2. The van der Waals surface area contributed by atoms with E-state index in [-0.39, 0.29) is 33.5 Å². The second kappa shape index (κ2) is 6.28. The minimum Gasteiger partial charge on any atom is -0.413 e. The number of carbonyl (C=O) groups is 2. The molecule has 0 unspecified atom stereocenters. The van der Waals surface area contributed by atoms with E-state index in [1.807, 2.05) is 27.7 Å². The molecule has 0 saturated carbocycles. The number of thioether (sulfide) groups is 1. The molecule has 6 heteroatoms. The van der Waals surface area contributed by atoms with Gasteiger partial charge in [0.25, 0.3) is 0 Å². The molecule has 3 atom stereocenters. The summed E-state index contributed by atoms with van der Waals surface area (Å²) in [5.41, 5.74) is -0.404. The molecule has 1 amide bonds. The molecule has 0 bridgehead atoms. The lowest BCUT2D eigenvalue weighted by Gasteiger charge is -2.45. The van der Waals surface area contributed by atoms with Crippen LogP contribution in [0, 0.1) is 11.3 Å². The largest absolute Gasteiger partial charge is 0.413 e. The lowest BCUT2D eigenvalue weighted by atomic mass is 9.96. The molecule has 0 aromatic rings. The van der Waals surface area contributed by atoms with E-state index >= 15 is 0 Å². The van der Waals surface area contributed by atoms with Gasteiger partial charge in [0.15, 0.2) is 13.4 Å². The lowest BCUT2D eigenvalue weighted by Crippen LogP contribution is -2.62. The molecule has 1 aliphatic heterocycles. The molecule has 128 valence electrons. The lowest BCUT2D eigenvalue weighted by molar-refractivity contribution is -0.136. The fourth-order valence-corrected chi connectivity index (χ4v) is 4.62. The number of β-lactam (4-membered cyclic amide) rings is 1. The maximum atomic E-state index is 12.2. The Morgan fingerprint density at radius 3 is 2.09 bits per heavy atom. The second-order valence-electron chi connectivity index (χ2n) is 8.69. The summed E-state index contributed by atoms with van der Waals surface area (Å²) < 4.78 is 6.33. The van der Waals surface area contributed by atoms with Crippen molar-refractivity contribution in [2.24, 2.45) is 11.3 Å². The van der Waals surface area contributed by atoms with Gasteiger partial charge in [-0.05, 0) is 25.1 Å². The van der Waals surface area contributed by atoms with Gasteiger partial charge in [-0.3, -0.25) is 9.59 Å². The van der Waals surface area contributed by atoms with Crippen molar-refractivity contribution in [1.29, 1.82) is 0 Å². The molecule has 0 aromatic carbocycles. The van der Waals surface area contributed by atoms with Crippen LogP contribution in [-0.2, 0) is 14.0 Å². The molecule has 0 spiro atoms. The fourth-order valence-electron chi connectivity index (χ4n) is 1.94. The first-order chi connectivity index (χ1) is 9.67. The molecular formula is C16H31NO3SSi. The molecule has 0 aromatic heterocycles. The highest BCUT2D eigenvalue weighted by molar-refractivity contribution is 8.14. The van der Waals surface area contributed by atoms with Crippen LogP contribution in [-0.4, -0.2) is 30.8 Å². The topological polar surface area (TPSA) is 55.4 Å². The van der Waals surface area contributed by atoms with Crippen molar-refractivity contribution in [3.63, 3.8) is 0 Å². The van der Waals surface area contributed by atoms with Crippen molar-refractivity contribution in [1.82, 2.24) is 5.32 Å². The summed E-state index contributed by atoms with van der Waals surface area (Å²) in [5.74, 6) is -0.254. The van der Waals surface area contributed by atoms with Crippen LogP contribution in [0.5, 0.6) is 0 Å². The zero-order valence-corrected chi connectivity index (χ0v) is 17.2. The van der Waals surface area contributed by atoms with Crippen LogP contribution in [0.2, 0.25) is 18.1 Å². The highest BCUT2D eigenvalue weighted by Gasteiger charge is 2.49. The van der Waals surface area contributed by atoms with Gasteiger partial charge in [-0.25, -0.2) is 0 Å². The number of hydrogen-bond donors (Lipinski definition) is 1. The quantitative estimate of drug-likeness (QED) is 0.622. The van der Waals surface area contributed by atoms with Crippen molar-refractivity contribution in [3.05, 3.63) is 0 Å². The predicted molar refractivity (Wildman–Crippen MR) is 95.2 cm³/mol. The Hall–Kier alpha value is -0.333. The van der Waals surface area contributed by atoms with Crippen LogP contribution in [0.4, 0.5) is 0 Å². The van der Waals surface area contributed by atoms with Crippen LogP contribution in [0.15, 0.2) is 0 Å². The smallest absolute Gasteiger partial charge is 0.229 e. The Balaban J connectivity index is 2.74. The zero-order valence-electron chi connectivity index (χ0n) is 15.4. The van der Waals surface area contributed by atoms with Crippen LogP contribution in [0.1, 0.15) is 48.5 Å². The van der Waals surface area contributed by atoms with Gasteiger partial charge in [-0.1, -0.05) is 53.3 Å². The molecule has 1 fully saturated rings. The minimum absolute atomic E-state index is 0.00887. The Morgan fingerprint density at radius 2 is 1.73 bits per heavy atom. The number of hydrogen-bond acceptors (Lipinski definition) is 4. The molecule has 1 aliphatic rings. The monoisotopic (exact) mass is 345 g/mol. The average Bonchev–Trinajstić information content (AvgIpc) is 2.23. The molecule has 1 heterocycles. The average molecular weight is 346 g/mol. The first kappa shape index (κ1) is 19.7. The van der Waals surface area contributed by atoms with E-state index < -0.39 is 13.7 Å². The Labute approximate surface area is 140 Å². The summed E-state index contributed by atoms with van der Waals surface area (Å²) in [6, 6.07) is 0. The number of amides is 1. The van der Waals surface area contributed by atoms with E-state index in [9.17, 15) is 9.59 Å². The molecule has 1 saturated heterocycles. The zero-order chi connectivity index (χ0) is 17.5. The third kappa shape index (κ3) is 4.36. The first-order valence-electron chi connectivity index (χ1n) is 7.86. The van der Waals surface area contributed by atoms with Gasteiger partial charge in [0.05, 0.1) is 17.4 Å². The van der Waals surface area contributed by atoms with E-state index in [1.54, 1.807) is 0 Å². The van der Waals surface area contributed by atoms with Crippen molar-refractivity contribution in [3.8, 4) is 0 Å². The Bertz CT molecular complexity index is 451. The van der Waals surface area contributed by atoms with Gasteiger partial charge in [-0.15, -0.1) is 0 Å². The van der Waals surface area contributed by atoms with Crippen molar-refractivity contribution in [2.45, 2.75) is 78.1 Å². The van der Waals surface area contributed by atoms with Crippen LogP contribution in [0.3, 0.4) is 0 Å². The number of carbonyl (C=O) groups excluding carboxylic acids is 2. The van der Waals surface area contributed by atoms with Gasteiger partial charge in [0.2, 0.25) is 5.91 Å². The molecule has 1 N–H and O–H groups in total. The van der Waals surface area contributed by atoms with Gasteiger partial charge >= 0.3 is 0 Å². The molecule has 1 rings (SSSR count). The van der Waals surface area contributed by atoms with E-state index in [0.717, 1.165) is 0 Å². The Morgan fingerprint density at radius 1 is 1.23 bits per heavy atom. The van der Waals surface area contributed by atoms with Crippen LogP contribution in [0.25, 0.3) is 0 Å². The summed E-state index contributed by atoms with van der Waals surface area (Å²) in [6.07, 6.45) is -0.167. The normalized spacial score (nSPS) is 24.5. The molecule has 22 heavy (non-hydrogen) atoms. The SMILES string of the molecule is C[C@@H](O[Si](C)(C)C(C)(C)C)[C@H]1C(=O)N[C@@H]1SC(=O)C(C)(C)C. The number of nitrogens with one attached hydrogen (secondary N) is 1. The van der Waals surface area contributed by atoms with E-state index in [4.69, 9.17) is 4.43 Å². The summed E-state index contributed by atoms with van der Waals surface area (Å²) in [5, 5.41) is 2.87. The standard InChI is InChI=1S/C16H31NO3SSi/c1-10(20-22(8,9)16(5,6)7)11-12(18)17-13(11)21-14(19)15(2,3)4/h10-11,13H,1-9H3,(H,17,18)/t10-,11+,13-/m1/s1. The first-order valence-corrected chi connectivity index (χ1v) is 11.6. The molecular weight excluding hydrogens is 314 g/mol. The molecule has 0 radical (unpaired) electrons. The number of rotatable bonds is 4. The Kier molecular flexibility index (Phi) is 5.63. The fraction of sp³-hybridized carbons (Fsp3) is 0.875. The second-order valence-corrected chi connectivity index (χ2v) is 14.6. The van der Waals surface area contributed by atoms with Gasteiger partial charge in [0, 0.05) is 5.41 Å². The van der Waals surface area contributed by atoms with Gasteiger partial charge in [-0.2, -0.15) is 0 Å². The van der Waals surface area contributed by atoms with Gasteiger partial charge in [0.1, 0.15) is 0 Å². The summed E-state index contributed by atoms with van der Waals surface area (Å²) in [4.78, 5) is 24.1.